The van der Waals surface area contributed by atoms with Crippen LogP contribution in [0.4, 0.5) is 9.90 Å². The van der Waals surface area contributed by atoms with E-state index in [-0.39, 0.29) is 10.9 Å². The van der Waals surface area contributed by atoms with Crippen LogP contribution >= 0.6 is 0 Å². The summed E-state index contributed by atoms with van der Waals surface area (Å²) in [6.45, 7) is 1.59. The van der Waals surface area contributed by atoms with Crippen LogP contribution in [0.1, 0.15) is 5.76 Å². The molecule has 0 saturated heterocycles. The molecular formula is C10H9FN2O5S2. The van der Waals surface area contributed by atoms with Crippen molar-refractivity contribution in [2.75, 3.05) is 4.72 Å². The third-order valence-corrected chi connectivity index (χ3v) is 4.43. The van der Waals surface area contributed by atoms with E-state index in [1.165, 1.54) is 6.20 Å². The summed E-state index contributed by atoms with van der Waals surface area (Å²) in [6, 6.07) is 3.41. The molecule has 0 aliphatic carbocycles. The lowest BCUT2D eigenvalue weighted by atomic mass is 10.4. The van der Waals surface area contributed by atoms with Crippen molar-refractivity contribution < 1.29 is 25.1 Å². The maximum atomic E-state index is 12.7. The minimum Gasteiger partial charge on any atom is -0.428 e. The first-order chi connectivity index (χ1) is 9.18. The molecule has 0 saturated carbocycles. The second kappa shape index (κ2) is 4.87. The molecular weight excluding hydrogens is 311 g/mol. The smallest absolute Gasteiger partial charge is 0.332 e. The molecule has 1 N–H and O–H groups in total. The normalized spacial score (nSPS) is 12.3. The van der Waals surface area contributed by atoms with Gasteiger partial charge in [0.1, 0.15) is 5.76 Å². The highest BCUT2D eigenvalue weighted by molar-refractivity contribution is 7.92. The van der Waals surface area contributed by atoms with Gasteiger partial charge in [-0.15, -0.1) is 3.89 Å². The molecule has 0 spiro atoms. The second-order valence-corrected chi connectivity index (χ2v) is 6.82. The first-order valence-electron chi connectivity index (χ1n) is 5.18. The number of hydrogen-bond acceptors (Lipinski definition) is 6. The van der Waals surface area contributed by atoms with Crippen molar-refractivity contribution >= 4 is 26.3 Å². The molecule has 0 amide bonds. The van der Waals surface area contributed by atoms with Crippen LogP contribution in [0, 0.1) is 6.92 Å². The second-order valence-electron chi connectivity index (χ2n) is 3.79. The monoisotopic (exact) mass is 320 g/mol. The highest BCUT2D eigenvalue weighted by Gasteiger charge is 2.19. The van der Waals surface area contributed by atoms with Crippen molar-refractivity contribution in [2.24, 2.45) is 0 Å². The zero-order chi connectivity index (χ0) is 15.0. The fourth-order valence-corrected chi connectivity index (χ4v) is 2.75. The molecule has 1 heterocycles. The number of rotatable bonds is 4. The zero-order valence-electron chi connectivity index (χ0n) is 10.1. The molecule has 0 radical (unpaired) electrons. The summed E-state index contributed by atoms with van der Waals surface area (Å²) < 4.78 is 64.8. The third kappa shape index (κ3) is 3.14. The first kappa shape index (κ1) is 14.5. The summed E-state index contributed by atoms with van der Waals surface area (Å²) in [4.78, 5) is 2.80. The number of aromatic nitrogens is 1. The molecule has 0 fully saturated rings. The predicted molar refractivity (Wildman–Crippen MR) is 66.8 cm³/mol. The molecule has 1 aromatic carbocycles. The lowest BCUT2D eigenvalue weighted by molar-refractivity contribution is 0.543. The predicted octanol–water partition coefficient (Wildman–Crippen LogP) is 1.44. The van der Waals surface area contributed by atoms with Crippen molar-refractivity contribution in [3.8, 4) is 0 Å². The van der Waals surface area contributed by atoms with Gasteiger partial charge in [-0.1, -0.05) is 0 Å². The van der Waals surface area contributed by atoms with Gasteiger partial charge in [0.05, 0.1) is 16.0 Å². The van der Waals surface area contributed by atoms with Crippen LogP contribution in [0.2, 0.25) is 0 Å². The molecule has 0 bridgehead atoms. The summed E-state index contributed by atoms with van der Waals surface area (Å²) in [7, 11) is -8.85. The first-order valence-corrected chi connectivity index (χ1v) is 8.05. The van der Waals surface area contributed by atoms with Gasteiger partial charge in [0, 0.05) is 0 Å². The number of halogens is 1. The number of anilines is 1. The molecule has 0 aliphatic rings. The van der Waals surface area contributed by atoms with Gasteiger partial charge in [-0.3, -0.25) is 0 Å². The van der Waals surface area contributed by atoms with E-state index >= 15 is 0 Å². The average Bonchev–Trinajstić information content (AvgIpc) is 2.73. The minimum absolute atomic E-state index is 0.218. The third-order valence-electron chi connectivity index (χ3n) is 2.26. The Morgan fingerprint density at radius 2 is 1.65 bits per heavy atom. The Bertz CT molecular complexity index is 825. The molecule has 108 valence electrons. The lowest BCUT2D eigenvalue weighted by Gasteiger charge is -2.04. The molecule has 0 aliphatic heterocycles. The van der Waals surface area contributed by atoms with Crippen molar-refractivity contribution in [1.82, 2.24) is 4.98 Å². The van der Waals surface area contributed by atoms with E-state index in [2.05, 4.69) is 9.71 Å². The topological polar surface area (TPSA) is 106 Å². The van der Waals surface area contributed by atoms with Crippen molar-refractivity contribution in [3.05, 3.63) is 36.2 Å². The molecule has 2 rings (SSSR count). The van der Waals surface area contributed by atoms with E-state index in [0.29, 0.717) is 5.76 Å². The maximum absolute atomic E-state index is 12.7. The quantitative estimate of drug-likeness (QED) is 0.854. The molecule has 1 aromatic heterocycles. The summed E-state index contributed by atoms with van der Waals surface area (Å²) >= 11 is 0. The number of oxazole rings is 1. The van der Waals surface area contributed by atoms with E-state index < -0.39 is 25.1 Å². The Morgan fingerprint density at radius 3 is 2.10 bits per heavy atom. The molecule has 2 aromatic rings. The van der Waals surface area contributed by atoms with Crippen LogP contribution in [0.3, 0.4) is 0 Å². The summed E-state index contributed by atoms with van der Waals surface area (Å²) in [5, 5.41) is 0. The van der Waals surface area contributed by atoms with E-state index in [1.54, 1.807) is 6.92 Å². The molecule has 20 heavy (non-hydrogen) atoms. The summed E-state index contributed by atoms with van der Waals surface area (Å²) in [5.74, 6) is 0.418. The highest BCUT2D eigenvalue weighted by Crippen LogP contribution is 2.19. The van der Waals surface area contributed by atoms with Crippen LogP contribution in [0.5, 0.6) is 0 Å². The summed E-state index contributed by atoms with van der Waals surface area (Å²) in [5.41, 5.74) is 0. The Labute approximate surface area is 114 Å². The average molecular weight is 320 g/mol. The molecule has 0 atom stereocenters. The number of hydrogen-bond donors (Lipinski definition) is 1. The van der Waals surface area contributed by atoms with Crippen LogP contribution in [-0.2, 0) is 20.2 Å². The number of sulfonamides is 1. The SMILES string of the molecule is Cc1cnc(NS(=O)(=O)c2ccc(S(=O)(=O)F)cc2)o1. The van der Waals surface area contributed by atoms with E-state index in [9.17, 15) is 20.7 Å². The van der Waals surface area contributed by atoms with E-state index in [0.717, 1.165) is 24.3 Å². The van der Waals surface area contributed by atoms with Gasteiger partial charge in [0.25, 0.3) is 10.0 Å². The van der Waals surface area contributed by atoms with Crippen molar-refractivity contribution in [1.29, 1.82) is 0 Å². The fourth-order valence-electron chi connectivity index (χ4n) is 1.36. The van der Waals surface area contributed by atoms with Crippen molar-refractivity contribution in [3.63, 3.8) is 0 Å². The largest absolute Gasteiger partial charge is 0.428 e. The number of nitrogens with zero attached hydrogens (tertiary/aromatic N) is 1. The van der Waals surface area contributed by atoms with Crippen molar-refractivity contribution in [2.45, 2.75) is 16.7 Å². The van der Waals surface area contributed by atoms with Crippen LogP contribution < -0.4 is 4.72 Å². The Morgan fingerprint density at radius 1 is 1.10 bits per heavy atom. The van der Waals surface area contributed by atoms with Gasteiger partial charge in [-0.05, 0) is 31.2 Å². The molecule has 10 heteroatoms. The molecule has 0 unspecified atom stereocenters. The van der Waals surface area contributed by atoms with E-state index in [1.807, 2.05) is 0 Å². The fraction of sp³-hybridized carbons (Fsp3) is 0.100. The number of aryl methyl sites for hydroxylation is 1. The number of benzene rings is 1. The van der Waals surface area contributed by atoms with Gasteiger partial charge in [0.15, 0.2) is 0 Å². The van der Waals surface area contributed by atoms with E-state index in [4.69, 9.17) is 4.42 Å². The lowest BCUT2D eigenvalue weighted by Crippen LogP contribution is -2.13. The maximum Gasteiger partial charge on any atom is 0.332 e. The number of nitrogens with one attached hydrogen (secondary N) is 1. The van der Waals surface area contributed by atoms with Gasteiger partial charge < -0.3 is 4.42 Å². The van der Waals surface area contributed by atoms with Gasteiger partial charge in [0.2, 0.25) is 0 Å². The van der Waals surface area contributed by atoms with Gasteiger partial charge >= 0.3 is 16.2 Å². The van der Waals surface area contributed by atoms with Crippen LogP contribution in [-0.4, -0.2) is 21.8 Å². The standard InChI is InChI=1S/C10H9FN2O5S2/c1-7-6-12-10(18-7)13-20(16,17)9-4-2-8(3-5-9)19(11,14)15/h2-6H,1H3,(H,12,13). The zero-order valence-corrected chi connectivity index (χ0v) is 11.7. The summed E-state index contributed by atoms with van der Waals surface area (Å²) in [6.07, 6.45) is 1.33. The Balaban J connectivity index is 2.30. The Hall–Kier alpha value is -1.94. The van der Waals surface area contributed by atoms with Gasteiger partial charge in [-0.25, -0.2) is 18.1 Å². The van der Waals surface area contributed by atoms with Crippen LogP contribution in [0.15, 0.2) is 44.7 Å². The minimum atomic E-state index is -4.87. The van der Waals surface area contributed by atoms with Gasteiger partial charge in [-0.2, -0.15) is 8.42 Å². The highest BCUT2D eigenvalue weighted by atomic mass is 32.3. The van der Waals surface area contributed by atoms with Crippen LogP contribution in [0.25, 0.3) is 0 Å². The Kier molecular flexibility index (Phi) is 3.52. The molecule has 7 nitrogen and oxygen atoms in total.